The lowest BCUT2D eigenvalue weighted by Gasteiger charge is -2.17. The lowest BCUT2D eigenvalue weighted by molar-refractivity contribution is -0.141. The fourth-order valence-electron chi connectivity index (χ4n) is 2.28. The van der Waals surface area contributed by atoms with Crippen molar-refractivity contribution < 1.29 is 14.7 Å². The minimum absolute atomic E-state index is 0.0931. The highest BCUT2D eigenvalue weighted by Gasteiger charge is 2.18. The summed E-state index contributed by atoms with van der Waals surface area (Å²) >= 11 is 1.70. The molecule has 0 spiro atoms. The SMILES string of the molecule is CCCC(CNC(=O)NC(C)c1cc(C)sc1C)C(=O)O. The van der Waals surface area contributed by atoms with E-state index in [2.05, 4.69) is 16.7 Å². The van der Waals surface area contributed by atoms with Crippen LogP contribution in [0.15, 0.2) is 6.07 Å². The van der Waals surface area contributed by atoms with Gasteiger partial charge in [-0.1, -0.05) is 13.3 Å². The number of amides is 2. The van der Waals surface area contributed by atoms with E-state index in [-0.39, 0.29) is 18.6 Å². The summed E-state index contributed by atoms with van der Waals surface area (Å²) in [6.45, 7) is 8.08. The second-order valence-corrected chi connectivity index (χ2v) is 6.73. The Balaban J connectivity index is 2.49. The molecule has 1 aromatic heterocycles. The van der Waals surface area contributed by atoms with Crippen LogP contribution in [0, 0.1) is 19.8 Å². The maximum absolute atomic E-state index is 11.9. The summed E-state index contributed by atoms with van der Waals surface area (Å²) in [7, 11) is 0. The largest absolute Gasteiger partial charge is 0.481 e. The first-order chi connectivity index (χ1) is 9.85. The fourth-order valence-corrected chi connectivity index (χ4v) is 3.31. The van der Waals surface area contributed by atoms with Gasteiger partial charge in [-0.25, -0.2) is 4.79 Å². The quantitative estimate of drug-likeness (QED) is 0.723. The predicted octanol–water partition coefficient (Wildman–Crippen LogP) is 3.23. The standard InChI is InChI=1S/C15H24N2O3S/c1-5-6-12(14(18)19)8-16-15(20)17-10(3)13-7-9(2)21-11(13)4/h7,10,12H,5-6,8H2,1-4H3,(H,18,19)(H2,16,17,20). The van der Waals surface area contributed by atoms with E-state index in [9.17, 15) is 9.59 Å². The molecular formula is C15H24N2O3S. The van der Waals surface area contributed by atoms with Crippen LogP contribution in [0.5, 0.6) is 0 Å². The van der Waals surface area contributed by atoms with Crippen molar-refractivity contribution in [2.45, 2.75) is 46.6 Å². The van der Waals surface area contributed by atoms with Crippen molar-refractivity contribution in [3.63, 3.8) is 0 Å². The first-order valence-electron chi connectivity index (χ1n) is 7.19. The zero-order chi connectivity index (χ0) is 16.0. The number of hydrogen-bond donors (Lipinski definition) is 3. The smallest absolute Gasteiger partial charge is 0.315 e. The summed E-state index contributed by atoms with van der Waals surface area (Å²) in [6, 6.07) is 1.65. The van der Waals surface area contributed by atoms with E-state index >= 15 is 0 Å². The number of carboxylic acids is 1. The van der Waals surface area contributed by atoms with Gasteiger partial charge in [-0.05, 0) is 38.8 Å². The van der Waals surface area contributed by atoms with Crippen LogP contribution in [0.4, 0.5) is 4.79 Å². The van der Waals surface area contributed by atoms with Crippen LogP contribution >= 0.6 is 11.3 Å². The molecule has 0 fully saturated rings. The molecule has 0 saturated heterocycles. The predicted molar refractivity (Wildman–Crippen MR) is 84.8 cm³/mol. The summed E-state index contributed by atoms with van der Waals surface area (Å²) in [6.07, 6.45) is 1.35. The second-order valence-electron chi connectivity index (χ2n) is 5.27. The summed E-state index contributed by atoms with van der Waals surface area (Å²) in [5.74, 6) is -1.39. The summed E-state index contributed by atoms with van der Waals surface area (Å²) < 4.78 is 0. The van der Waals surface area contributed by atoms with Gasteiger partial charge in [0.15, 0.2) is 0 Å². The number of nitrogens with one attached hydrogen (secondary N) is 2. The molecule has 0 saturated carbocycles. The number of carboxylic acid groups (broad SMARTS) is 1. The number of carbonyl (C=O) groups excluding carboxylic acids is 1. The number of aryl methyl sites for hydroxylation is 2. The molecule has 1 heterocycles. The van der Waals surface area contributed by atoms with Crippen LogP contribution in [0.3, 0.4) is 0 Å². The lowest BCUT2D eigenvalue weighted by atomic mass is 10.0. The second kappa shape index (κ2) is 8.02. The summed E-state index contributed by atoms with van der Waals surface area (Å²) in [4.78, 5) is 25.3. The van der Waals surface area contributed by atoms with Crippen molar-refractivity contribution in [2.75, 3.05) is 6.54 Å². The average molecular weight is 312 g/mol. The maximum Gasteiger partial charge on any atom is 0.315 e. The van der Waals surface area contributed by atoms with Crippen molar-refractivity contribution in [2.24, 2.45) is 5.92 Å². The van der Waals surface area contributed by atoms with Crippen molar-refractivity contribution >= 4 is 23.3 Å². The van der Waals surface area contributed by atoms with Gasteiger partial charge in [-0.15, -0.1) is 11.3 Å². The maximum atomic E-state index is 11.9. The number of rotatable bonds is 7. The first-order valence-corrected chi connectivity index (χ1v) is 8.00. The molecule has 0 aromatic carbocycles. The highest BCUT2D eigenvalue weighted by atomic mass is 32.1. The minimum Gasteiger partial charge on any atom is -0.481 e. The van der Waals surface area contributed by atoms with E-state index < -0.39 is 11.9 Å². The third-order valence-electron chi connectivity index (χ3n) is 3.39. The zero-order valence-electron chi connectivity index (χ0n) is 13.0. The van der Waals surface area contributed by atoms with Crippen LogP contribution in [-0.2, 0) is 4.79 Å². The Hall–Kier alpha value is -1.56. The molecule has 2 unspecified atom stereocenters. The van der Waals surface area contributed by atoms with Crippen LogP contribution in [0.1, 0.15) is 48.0 Å². The molecule has 0 aliphatic heterocycles. The number of hydrogen-bond acceptors (Lipinski definition) is 3. The molecule has 5 nitrogen and oxygen atoms in total. The molecule has 6 heteroatoms. The summed E-state index contributed by atoms with van der Waals surface area (Å²) in [5.41, 5.74) is 1.11. The van der Waals surface area contributed by atoms with Gasteiger partial charge in [0.25, 0.3) is 0 Å². The first kappa shape index (κ1) is 17.5. The van der Waals surface area contributed by atoms with Gasteiger partial charge in [0.1, 0.15) is 0 Å². The molecule has 0 radical (unpaired) electrons. The molecule has 0 aliphatic rings. The van der Waals surface area contributed by atoms with Gasteiger partial charge in [-0.2, -0.15) is 0 Å². The van der Waals surface area contributed by atoms with Crippen LogP contribution in [0.25, 0.3) is 0 Å². The molecule has 2 amide bonds. The number of urea groups is 1. The molecule has 118 valence electrons. The number of thiophene rings is 1. The van der Waals surface area contributed by atoms with Crippen LogP contribution < -0.4 is 10.6 Å². The molecule has 3 N–H and O–H groups in total. The van der Waals surface area contributed by atoms with E-state index in [4.69, 9.17) is 5.11 Å². The van der Waals surface area contributed by atoms with Crippen LogP contribution in [-0.4, -0.2) is 23.7 Å². The Morgan fingerprint density at radius 1 is 1.38 bits per heavy atom. The van der Waals surface area contributed by atoms with Gasteiger partial charge in [0.05, 0.1) is 12.0 Å². The lowest BCUT2D eigenvalue weighted by Crippen LogP contribution is -2.40. The Morgan fingerprint density at radius 2 is 2.05 bits per heavy atom. The molecule has 1 aromatic rings. The van der Waals surface area contributed by atoms with Crippen LogP contribution in [0.2, 0.25) is 0 Å². The van der Waals surface area contributed by atoms with Gasteiger partial charge >= 0.3 is 12.0 Å². The van der Waals surface area contributed by atoms with Crippen molar-refractivity contribution in [3.05, 3.63) is 21.4 Å². The van der Waals surface area contributed by atoms with E-state index in [1.807, 2.05) is 27.7 Å². The van der Waals surface area contributed by atoms with Gasteiger partial charge in [0, 0.05) is 16.3 Å². The topological polar surface area (TPSA) is 78.4 Å². The monoisotopic (exact) mass is 312 g/mol. The third kappa shape index (κ3) is 5.38. The van der Waals surface area contributed by atoms with Gasteiger partial charge < -0.3 is 15.7 Å². The van der Waals surface area contributed by atoms with Crippen molar-refractivity contribution in [1.82, 2.24) is 10.6 Å². The highest BCUT2D eigenvalue weighted by Crippen LogP contribution is 2.25. The van der Waals surface area contributed by atoms with Gasteiger partial charge in [-0.3, -0.25) is 4.79 Å². The van der Waals surface area contributed by atoms with Crippen molar-refractivity contribution in [3.8, 4) is 0 Å². The van der Waals surface area contributed by atoms with E-state index in [1.165, 1.54) is 9.75 Å². The number of aliphatic carboxylic acids is 1. The zero-order valence-corrected chi connectivity index (χ0v) is 13.8. The average Bonchev–Trinajstić information content (AvgIpc) is 2.73. The third-order valence-corrected chi connectivity index (χ3v) is 4.37. The van der Waals surface area contributed by atoms with Gasteiger partial charge in [0.2, 0.25) is 0 Å². The Morgan fingerprint density at radius 3 is 2.52 bits per heavy atom. The van der Waals surface area contributed by atoms with E-state index in [1.54, 1.807) is 11.3 Å². The summed E-state index contributed by atoms with van der Waals surface area (Å²) in [5, 5.41) is 14.5. The molecule has 21 heavy (non-hydrogen) atoms. The molecule has 0 bridgehead atoms. The Labute approximate surface area is 129 Å². The Bertz CT molecular complexity index is 499. The molecule has 1 rings (SSSR count). The fraction of sp³-hybridized carbons (Fsp3) is 0.600. The Kier molecular flexibility index (Phi) is 6.68. The molecule has 0 aliphatic carbocycles. The van der Waals surface area contributed by atoms with E-state index in [0.29, 0.717) is 6.42 Å². The molecular weight excluding hydrogens is 288 g/mol. The highest BCUT2D eigenvalue weighted by molar-refractivity contribution is 7.12. The van der Waals surface area contributed by atoms with Crippen molar-refractivity contribution in [1.29, 1.82) is 0 Å². The molecule has 2 atom stereocenters. The minimum atomic E-state index is -0.866. The van der Waals surface area contributed by atoms with E-state index in [0.717, 1.165) is 12.0 Å². The number of carbonyl (C=O) groups is 2. The normalized spacial score (nSPS) is 13.5.